The summed E-state index contributed by atoms with van der Waals surface area (Å²) in [6.45, 7) is 1.65. The first-order chi connectivity index (χ1) is 11.1. The van der Waals surface area contributed by atoms with Crippen LogP contribution in [0, 0.1) is 5.82 Å². The Kier molecular flexibility index (Phi) is 2.94. The number of Topliss-reactive ketones (excluding diaryl/α,β-unsaturated/α-hetero) is 1. The van der Waals surface area contributed by atoms with Crippen LogP contribution in [-0.4, -0.2) is 10.8 Å². The molecule has 2 aromatic carbocycles. The van der Waals surface area contributed by atoms with Gasteiger partial charge in [-0.2, -0.15) is 0 Å². The maximum Gasteiger partial charge on any atom is 0.257 e. The summed E-state index contributed by atoms with van der Waals surface area (Å²) in [5.41, 5.74) is 2.10. The standard InChI is InChI=1S/C18H12FNO3/c1-10-15(17(21)11-5-3-2-4-6-11)16-13-9-12(19)7-8-14(13)20-18(16)23-22-10/h2-9,20H,1H3. The highest BCUT2D eigenvalue weighted by molar-refractivity contribution is 6.32. The summed E-state index contributed by atoms with van der Waals surface area (Å²) in [5.74, 6) is 0.0692. The molecule has 2 heterocycles. The number of rotatable bonds is 2. The summed E-state index contributed by atoms with van der Waals surface area (Å²) in [7, 11) is 0. The number of hydrogen-bond acceptors (Lipinski definition) is 3. The maximum absolute atomic E-state index is 13.6. The molecule has 1 aromatic heterocycles. The van der Waals surface area contributed by atoms with Gasteiger partial charge in [0.2, 0.25) is 0 Å². The predicted molar refractivity (Wildman–Crippen MR) is 83.3 cm³/mol. The van der Waals surface area contributed by atoms with Crippen LogP contribution < -0.4 is 4.89 Å². The number of halogens is 1. The molecule has 1 aliphatic rings. The second kappa shape index (κ2) is 4.98. The number of carbonyl (C=O) groups is 1. The van der Waals surface area contributed by atoms with Gasteiger partial charge in [0.15, 0.2) is 11.5 Å². The topological polar surface area (TPSA) is 51.3 Å². The molecule has 1 N–H and O–H groups in total. The number of ketones is 1. The molecule has 0 spiro atoms. The number of carbonyl (C=O) groups excluding carboxylic acids is 1. The Balaban J connectivity index is 1.96. The number of hydrogen-bond donors (Lipinski definition) is 1. The number of benzene rings is 2. The van der Waals surface area contributed by atoms with E-state index in [1.165, 1.54) is 12.1 Å². The molecular weight excluding hydrogens is 297 g/mol. The molecule has 0 saturated heterocycles. The lowest BCUT2D eigenvalue weighted by Gasteiger charge is -2.17. The van der Waals surface area contributed by atoms with Crippen LogP contribution >= 0.6 is 0 Å². The molecule has 0 aliphatic carbocycles. The number of aromatic amines is 1. The molecule has 0 amide bonds. The normalized spacial score (nSPS) is 13.5. The molecule has 0 bridgehead atoms. The Morgan fingerprint density at radius 2 is 1.87 bits per heavy atom. The van der Waals surface area contributed by atoms with Gasteiger partial charge in [-0.05, 0) is 25.1 Å². The van der Waals surface area contributed by atoms with Gasteiger partial charge < -0.3 is 4.98 Å². The van der Waals surface area contributed by atoms with Gasteiger partial charge in [0, 0.05) is 16.5 Å². The number of fused-ring (bicyclic) bond motifs is 3. The molecule has 5 heteroatoms. The molecule has 3 aromatic rings. The summed E-state index contributed by atoms with van der Waals surface area (Å²) in [5, 5.41) is 0.585. The van der Waals surface area contributed by atoms with Crippen molar-refractivity contribution >= 4 is 22.3 Å². The first-order valence-corrected chi connectivity index (χ1v) is 7.12. The van der Waals surface area contributed by atoms with Crippen molar-refractivity contribution in [2.45, 2.75) is 6.92 Å². The summed E-state index contributed by atoms with van der Waals surface area (Å²) in [4.78, 5) is 26.2. The zero-order chi connectivity index (χ0) is 16.0. The number of H-pyrrole nitrogens is 1. The Labute approximate surface area is 131 Å². The molecule has 0 fully saturated rings. The molecule has 4 nitrogen and oxygen atoms in total. The maximum atomic E-state index is 13.6. The van der Waals surface area contributed by atoms with Crippen LogP contribution in [0.3, 0.4) is 0 Å². The fourth-order valence-corrected chi connectivity index (χ4v) is 2.78. The van der Waals surface area contributed by atoms with Crippen molar-refractivity contribution in [1.29, 1.82) is 0 Å². The summed E-state index contributed by atoms with van der Waals surface area (Å²) < 4.78 is 13.6. The van der Waals surface area contributed by atoms with E-state index < -0.39 is 0 Å². The highest BCUT2D eigenvalue weighted by Crippen LogP contribution is 2.40. The van der Waals surface area contributed by atoms with E-state index in [2.05, 4.69) is 4.98 Å². The molecule has 23 heavy (non-hydrogen) atoms. The van der Waals surface area contributed by atoms with Crippen LogP contribution in [-0.2, 0) is 4.89 Å². The third kappa shape index (κ3) is 2.09. The Morgan fingerprint density at radius 1 is 1.09 bits per heavy atom. The van der Waals surface area contributed by atoms with E-state index in [1.807, 2.05) is 6.07 Å². The Bertz CT molecular complexity index is 957. The summed E-state index contributed by atoms with van der Waals surface area (Å²) in [6.07, 6.45) is 0. The molecule has 114 valence electrons. The molecule has 0 radical (unpaired) electrons. The zero-order valence-corrected chi connectivity index (χ0v) is 12.2. The van der Waals surface area contributed by atoms with E-state index in [0.717, 1.165) is 0 Å². The van der Waals surface area contributed by atoms with Crippen LogP contribution in [0.1, 0.15) is 22.8 Å². The van der Waals surface area contributed by atoms with Crippen molar-refractivity contribution < 1.29 is 19.0 Å². The molecule has 0 unspecified atom stereocenters. The average molecular weight is 309 g/mol. The summed E-state index contributed by atoms with van der Waals surface area (Å²) >= 11 is 0. The summed E-state index contributed by atoms with van der Waals surface area (Å²) in [6, 6.07) is 13.2. The van der Waals surface area contributed by atoms with Gasteiger partial charge in [-0.15, -0.1) is 0 Å². The Hall–Kier alpha value is -3.08. The van der Waals surface area contributed by atoms with E-state index in [1.54, 1.807) is 37.3 Å². The van der Waals surface area contributed by atoms with Crippen LogP contribution in [0.2, 0.25) is 0 Å². The molecule has 1 aliphatic heterocycles. The van der Waals surface area contributed by atoms with E-state index >= 15 is 0 Å². The van der Waals surface area contributed by atoms with Gasteiger partial charge in [-0.1, -0.05) is 30.3 Å². The fraction of sp³-hybridized carbons (Fsp3) is 0.0556. The minimum atomic E-state index is -0.380. The van der Waals surface area contributed by atoms with Crippen molar-refractivity contribution in [1.82, 2.24) is 4.98 Å². The first-order valence-electron chi connectivity index (χ1n) is 7.12. The molecular formula is C18H12FNO3. The van der Waals surface area contributed by atoms with E-state index in [9.17, 15) is 9.18 Å². The smallest absolute Gasteiger partial charge is 0.257 e. The van der Waals surface area contributed by atoms with Gasteiger partial charge >= 0.3 is 0 Å². The predicted octanol–water partition coefficient (Wildman–Crippen LogP) is 4.24. The number of nitrogens with one attached hydrogen (secondary N) is 1. The van der Waals surface area contributed by atoms with E-state index in [-0.39, 0.29) is 11.6 Å². The third-order valence-corrected chi connectivity index (χ3v) is 3.84. The molecule has 0 atom stereocenters. The quantitative estimate of drug-likeness (QED) is 0.569. The van der Waals surface area contributed by atoms with Gasteiger partial charge in [0.05, 0.1) is 11.1 Å². The lowest BCUT2D eigenvalue weighted by molar-refractivity contribution is -0.171. The molecule has 0 saturated carbocycles. The zero-order valence-electron chi connectivity index (χ0n) is 12.2. The van der Waals surface area contributed by atoms with Gasteiger partial charge in [-0.3, -0.25) is 14.6 Å². The highest BCUT2D eigenvalue weighted by atomic mass is 19.1. The first kappa shape index (κ1) is 13.6. The van der Waals surface area contributed by atoms with Crippen molar-refractivity contribution in [2.75, 3.05) is 0 Å². The largest absolute Gasteiger partial charge is 0.321 e. The number of allylic oxidation sites excluding steroid dienone is 2. The second-order valence-corrected chi connectivity index (χ2v) is 5.31. The minimum absolute atomic E-state index is 0.196. The lowest BCUT2D eigenvalue weighted by atomic mass is 9.94. The minimum Gasteiger partial charge on any atom is -0.321 e. The van der Waals surface area contributed by atoms with Gasteiger partial charge in [-0.25, -0.2) is 4.39 Å². The number of aromatic nitrogens is 1. The van der Waals surface area contributed by atoms with E-state index in [4.69, 9.17) is 9.78 Å². The van der Waals surface area contributed by atoms with Crippen LogP contribution in [0.4, 0.5) is 4.39 Å². The SMILES string of the molecule is CC1=C(C(=O)c2ccccc2)c2c([nH]c3ccc(F)cc23)OO1. The van der Waals surface area contributed by atoms with Crippen LogP contribution in [0.5, 0.6) is 5.88 Å². The van der Waals surface area contributed by atoms with Crippen molar-refractivity contribution in [3.05, 3.63) is 71.2 Å². The average Bonchev–Trinajstić information content (AvgIpc) is 2.93. The third-order valence-electron chi connectivity index (χ3n) is 3.84. The fourth-order valence-electron chi connectivity index (χ4n) is 2.78. The monoisotopic (exact) mass is 309 g/mol. The van der Waals surface area contributed by atoms with Crippen LogP contribution in [0.25, 0.3) is 16.5 Å². The van der Waals surface area contributed by atoms with Gasteiger partial charge in [0.25, 0.3) is 5.88 Å². The highest BCUT2D eigenvalue weighted by Gasteiger charge is 2.30. The second-order valence-electron chi connectivity index (χ2n) is 5.31. The van der Waals surface area contributed by atoms with Crippen LogP contribution in [0.15, 0.2) is 54.3 Å². The Morgan fingerprint density at radius 3 is 2.65 bits per heavy atom. The lowest BCUT2D eigenvalue weighted by Crippen LogP contribution is -2.13. The van der Waals surface area contributed by atoms with Gasteiger partial charge in [0.1, 0.15) is 5.82 Å². The van der Waals surface area contributed by atoms with Crippen molar-refractivity contribution in [2.24, 2.45) is 0 Å². The van der Waals surface area contributed by atoms with Crippen molar-refractivity contribution in [3.8, 4) is 5.88 Å². The van der Waals surface area contributed by atoms with Crippen molar-refractivity contribution in [3.63, 3.8) is 0 Å². The van der Waals surface area contributed by atoms with E-state index in [0.29, 0.717) is 39.2 Å². The molecule has 4 rings (SSSR count).